The molecule has 1 aliphatic rings. The zero-order valence-corrected chi connectivity index (χ0v) is 10.3. The van der Waals surface area contributed by atoms with Crippen LogP contribution in [0.2, 0.25) is 5.02 Å². The van der Waals surface area contributed by atoms with Gasteiger partial charge in [0.2, 0.25) is 11.8 Å². The summed E-state index contributed by atoms with van der Waals surface area (Å²) in [4.78, 5) is 22.7. The fourth-order valence-corrected chi connectivity index (χ4v) is 2.42. The lowest BCUT2D eigenvalue weighted by atomic mass is 9.89. The Hall–Kier alpha value is -1.46. The summed E-state index contributed by atoms with van der Waals surface area (Å²) in [6.45, 7) is 0.173. The Morgan fingerprint density at radius 1 is 1.44 bits per heavy atom. The van der Waals surface area contributed by atoms with Gasteiger partial charge in [0.25, 0.3) is 0 Å². The zero-order chi connectivity index (χ0) is 13.3. The van der Waals surface area contributed by atoms with Gasteiger partial charge in [-0.1, -0.05) is 11.6 Å². The Morgan fingerprint density at radius 3 is 2.72 bits per heavy atom. The molecule has 3 N–H and O–H groups in total. The first-order valence-electron chi connectivity index (χ1n) is 5.54. The van der Waals surface area contributed by atoms with Crippen molar-refractivity contribution in [1.82, 2.24) is 5.32 Å². The SMILES string of the molecule is NCc1cc(F)c(C2CCC(=O)NC2=O)c(Cl)c1. The minimum Gasteiger partial charge on any atom is -0.326 e. The van der Waals surface area contributed by atoms with E-state index in [9.17, 15) is 14.0 Å². The molecule has 1 aromatic carbocycles. The fourth-order valence-electron chi connectivity index (χ4n) is 2.06. The van der Waals surface area contributed by atoms with Crippen molar-refractivity contribution in [2.45, 2.75) is 25.3 Å². The van der Waals surface area contributed by atoms with Crippen LogP contribution in [0.3, 0.4) is 0 Å². The number of halogens is 2. The van der Waals surface area contributed by atoms with E-state index in [0.29, 0.717) is 5.56 Å². The number of imide groups is 1. The van der Waals surface area contributed by atoms with Crippen LogP contribution in [0.4, 0.5) is 4.39 Å². The second-order valence-electron chi connectivity index (χ2n) is 4.18. The molecule has 6 heteroatoms. The third-order valence-electron chi connectivity index (χ3n) is 2.96. The van der Waals surface area contributed by atoms with E-state index in [0.717, 1.165) is 0 Å². The van der Waals surface area contributed by atoms with Gasteiger partial charge in [-0.3, -0.25) is 14.9 Å². The van der Waals surface area contributed by atoms with Crippen molar-refractivity contribution in [3.05, 3.63) is 34.1 Å². The summed E-state index contributed by atoms with van der Waals surface area (Å²) in [5.41, 5.74) is 6.11. The van der Waals surface area contributed by atoms with E-state index in [1.54, 1.807) is 6.07 Å². The first kappa shape index (κ1) is 13.0. The molecule has 1 fully saturated rings. The average Bonchev–Trinajstić information content (AvgIpc) is 2.30. The van der Waals surface area contributed by atoms with Gasteiger partial charge >= 0.3 is 0 Å². The summed E-state index contributed by atoms with van der Waals surface area (Å²) >= 11 is 5.99. The number of rotatable bonds is 2. The molecule has 0 saturated carbocycles. The number of hydrogen-bond acceptors (Lipinski definition) is 3. The molecule has 18 heavy (non-hydrogen) atoms. The Kier molecular flexibility index (Phi) is 3.63. The van der Waals surface area contributed by atoms with Crippen molar-refractivity contribution in [3.8, 4) is 0 Å². The normalized spacial score (nSPS) is 19.8. The van der Waals surface area contributed by atoms with E-state index in [2.05, 4.69) is 5.32 Å². The lowest BCUT2D eigenvalue weighted by Crippen LogP contribution is -2.39. The summed E-state index contributed by atoms with van der Waals surface area (Å²) in [5.74, 6) is -2.13. The number of nitrogens with one attached hydrogen (secondary N) is 1. The van der Waals surface area contributed by atoms with Crippen molar-refractivity contribution in [2.24, 2.45) is 5.73 Å². The van der Waals surface area contributed by atoms with Crippen LogP contribution in [0.25, 0.3) is 0 Å². The van der Waals surface area contributed by atoms with Crippen molar-refractivity contribution in [2.75, 3.05) is 0 Å². The first-order valence-corrected chi connectivity index (χ1v) is 5.92. The maximum Gasteiger partial charge on any atom is 0.234 e. The predicted molar refractivity (Wildman–Crippen MR) is 64.4 cm³/mol. The third-order valence-corrected chi connectivity index (χ3v) is 3.27. The van der Waals surface area contributed by atoms with E-state index in [-0.39, 0.29) is 35.9 Å². The lowest BCUT2D eigenvalue weighted by molar-refractivity contribution is -0.134. The first-order chi connectivity index (χ1) is 8.52. The van der Waals surface area contributed by atoms with Gasteiger partial charge in [0.15, 0.2) is 0 Å². The minimum atomic E-state index is -0.720. The maximum absolute atomic E-state index is 13.9. The molecule has 0 radical (unpaired) electrons. The quantitative estimate of drug-likeness (QED) is 0.799. The predicted octanol–water partition coefficient (Wildman–Crippen LogP) is 1.46. The standard InChI is InChI=1S/C12H12ClFN2O2/c13-8-3-6(5-15)4-9(14)11(8)7-1-2-10(17)16-12(7)18/h3-4,7H,1-2,5,15H2,(H,16,17,18). The van der Waals surface area contributed by atoms with E-state index >= 15 is 0 Å². The van der Waals surface area contributed by atoms with Crippen LogP contribution in [0.1, 0.15) is 29.9 Å². The zero-order valence-electron chi connectivity index (χ0n) is 9.50. The number of hydrogen-bond donors (Lipinski definition) is 2. The molecule has 96 valence electrons. The van der Waals surface area contributed by atoms with Crippen LogP contribution in [-0.4, -0.2) is 11.8 Å². The van der Waals surface area contributed by atoms with Crippen LogP contribution in [-0.2, 0) is 16.1 Å². The Bertz CT molecular complexity index is 496. The molecular weight excluding hydrogens is 259 g/mol. The number of piperidine rings is 1. The monoisotopic (exact) mass is 270 g/mol. The molecular formula is C12H12ClFN2O2. The molecule has 4 nitrogen and oxygen atoms in total. The van der Waals surface area contributed by atoms with E-state index in [1.807, 2.05) is 0 Å². The number of carbonyl (C=O) groups excluding carboxylic acids is 2. The maximum atomic E-state index is 13.9. The van der Waals surface area contributed by atoms with Crippen molar-refractivity contribution in [3.63, 3.8) is 0 Å². The van der Waals surface area contributed by atoms with Crippen LogP contribution >= 0.6 is 11.6 Å². The Balaban J connectivity index is 2.39. The highest BCUT2D eigenvalue weighted by atomic mass is 35.5. The number of nitrogens with two attached hydrogens (primary N) is 1. The molecule has 1 saturated heterocycles. The van der Waals surface area contributed by atoms with Gasteiger partial charge in [-0.2, -0.15) is 0 Å². The number of carbonyl (C=O) groups is 2. The number of amides is 2. The van der Waals surface area contributed by atoms with Gasteiger partial charge in [0.1, 0.15) is 5.82 Å². The van der Waals surface area contributed by atoms with Crippen molar-refractivity contribution >= 4 is 23.4 Å². The van der Waals surface area contributed by atoms with Gasteiger partial charge in [-0.05, 0) is 24.1 Å². The summed E-state index contributed by atoms with van der Waals surface area (Å²) in [7, 11) is 0. The summed E-state index contributed by atoms with van der Waals surface area (Å²) < 4.78 is 13.9. The summed E-state index contributed by atoms with van der Waals surface area (Å²) in [6, 6.07) is 2.81. The van der Waals surface area contributed by atoms with Crippen LogP contribution in [0.5, 0.6) is 0 Å². The third kappa shape index (κ3) is 2.37. The minimum absolute atomic E-state index is 0.138. The second kappa shape index (κ2) is 5.04. The molecule has 1 aromatic rings. The van der Waals surface area contributed by atoms with E-state index < -0.39 is 17.6 Å². The van der Waals surface area contributed by atoms with Gasteiger partial charge in [-0.25, -0.2) is 4.39 Å². The molecule has 1 aliphatic heterocycles. The molecule has 0 spiro atoms. The smallest absolute Gasteiger partial charge is 0.234 e. The molecule has 1 heterocycles. The number of benzene rings is 1. The van der Waals surface area contributed by atoms with Gasteiger partial charge in [0.05, 0.1) is 5.92 Å². The molecule has 2 rings (SSSR count). The van der Waals surface area contributed by atoms with Crippen molar-refractivity contribution < 1.29 is 14.0 Å². The summed E-state index contributed by atoms with van der Waals surface area (Å²) in [5, 5.41) is 2.35. The Labute approximate surface area is 108 Å². The molecule has 2 amide bonds. The molecule has 1 unspecified atom stereocenters. The molecule has 0 aromatic heterocycles. The topological polar surface area (TPSA) is 72.2 Å². The van der Waals surface area contributed by atoms with E-state index in [4.69, 9.17) is 17.3 Å². The van der Waals surface area contributed by atoms with Gasteiger partial charge < -0.3 is 5.73 Å². The van der Waals surface area contributed by atoms with Crippen molar-refractivity contribution in [1.29, 1.82) is 0 Å². The highest BCUT2D eigenvalue weighted by molar-refractivity contribution is 6.31. The van der Waals surface area contributed by atoms with Gasteiger partial charge in [-0.15, -0.1) is 0 Å². The second-order valence-corrected chi connectivity index (χ2v) is 4.59. The molecule has 1 atom stereocenters. The van der Waals surface area contributed by atoms with Crippen LogP contribution < -0.4 is 11.1 Å². The van der Waals surface area contributed by atoms with E-state index in [1.165, 1.54) is 6.07 Å². The summed E-state index contributed by atoms with van der Waals surface area (Å²) in [6.07, 6.45) is 0.452. The largest absolute Gasteiger partial charge is 0.326 e. The highest BCUT2D eigenvalue weighted by Crippen LogP contribution is 2.33. The van der Waals surface area contributed by atoms with Crippen LogP contribution in [0.15, 0.2) is 12.1 Å². The van der Waals surface area contributed by atoms with Gasteiger partial charge in [0, 0.05) is 23.6 Å². The Morgan fingerprint density at radius 2 is 2.17 bits per heavy atom. The molecule has 0 bridgehead atoms. The average molecular weight is 271 g/mol. The lowest BCUT2D eigenvalue weighted by Gasteiger charge is -2.22. The fraction of sp³-hybridized carbons (Fsp3) is 0.333. The highest BCUT2D eigenvalue weighted by Gasteiger charge is 2.31. The van der Waals surface area contributed by atoms with Crippen LogP contribution in [0, 0.1) is 5.82 Å². The molecule has 0 aliphatic carbocycles.